The van der Waals surface area contributed by atoms with Gasteiger partial charge >= 0.3 is 5.97 Å². The summed E-state index contributed by atoms with van der Waals surface area (Å²) in [6.07, 6.45) is 5.52. The van der Waals surface area contributed by atoms with Crippen LogP contribution < -0.4 is 9.47 Å². The van der Waals surface area contributed by atoms with Crippen LogP contribution in [0.1, 0.15) is 38.2 Å². The third-order valence-corrected chi connectivity index (χ3v) is 3.99. The van der Waals surface area contributed by atoms with E-state index in [1.165, 1.54) is 6.08 Å². The van der Waals surface area contributed by atoms with E-state index >= 15 is 0 Å². The first kappa shape index (κ1) is 18.2. The van der Waals surface area contributed by atoms with Crippen LogP contribution in [-0.2, 0) is 20.7 Å². The van der Waals surface area contributed by atoms with E-state index in [0.717, 1.165) is 42.7 Å². The number of ether oxygens (including phenoxy) is 4. The molecule has 1 heterocycles. The number of hydrogen-bond donors (Lipinski definition) is 0. The molecule has 1 aromatic rings. The molecule has 5 nitrogen and oxygen atoms in total. The number of benzene rings is 1. The van der Waals surface area contributed by atoms with E-state index < -0.39 is 0 Å². The summed E-state index contributed by atoms with van der Waals surface area (Å²) in [6, 6.07) is 5.94. The molecule has 1 unspecified atom stereocenters. The van der Waals surface area contributed by atoms with Crippen LogP contribution in [0.3, 0.4) is 0 Å². The fourth-order valence-corrected chi connectivity index (χ4v) is 2.60. The highest BCUT2D eigenvalue weighted by atomic mass is 16.6. The second kappa shape index (κ2) is 9.21. The number of rotatable bonds is 9. The molecule has 0 aromatic heterocycles. The van der Waals surface area contributed by atoms with Crippen molar-refractivity contribution in [2.45, 2.75) is 45.1 Å². The van der Waals surface area contributed by atoms with Crippen molar-refractivity contribution in [3.8, 4) is 11.5 Å². The fraction of sp³-hybridized carbons (Fsp3) is 0.526. The fourth-order valence-electron chi connectivity index (χ4n) is 2.60. The Morgan fingerprint density at radius 3 is 2.75 bits per heavy atom. The van der Waals surface area contributed by atoms with Gasteiger partial charge in [0, 0.05) is 6.42 Å². The maximum atomic E-state index is 11.5. The molecule has 1 aliphatic heterocycles. The SMILES string of the molecule is CCCCOc1cc(CCC2CC(OC)=CC(=O)O2)ccc1OC. The standard InChI is InChI=1S/C19H26O5/c1-4-5-10-23-18-11-14(7-9-17(18)22-3)6-8-15-12-16(21-2)13-19(20)24-15/h7,9,11,13,15H,4-6,8,10,12H2,1-3H3. The average Bonchev–Trinajstić information content (AvgIpc) is 2.60. The van der Waals surface area contributed by atoms with E-state index in [1.54, 1.807) is 14.2 Å². The van der Waals surface area contributed by atoms with Crippen LogP contribution in [0, 0.1) is 0 Å². The van der Waals surface area contributed by atoms with E-state index in [1.807, 2.05) is 18.2 Å². The summed E-state index contributed by atoms with van der Waals surface area (Å²) in [7, 11) is 3.21. The molecular formula is C19H26O5. The summed E-state index contributed by atoms with van der Waals surface area (Å²) in [5.74, 6) is 1.85. The van der Waals surface area contributed by atoms with Gasteiger partial charge in [0.1, 0.15) is 11.9 Å². The van der Waals surface area contributed by atoms with Crippen molar-refractivity contribution >= 4 is 5.97 Å². The Bertz CT molecular complexity index is 579. The zero-order valence-corrected chi connectivity index (χ0v) is 14.7. The van der Waals surface area contributed by atoms with E-state index in [-0.39, 0.29) is 12.1 Å². The topological polar surface area (TPSA) is 54.0 Å². The van der Waals surface area contributed by atoms with E-state index in [4.69, 9.17) is 18.9 Å². The van der Waals surface area contributed by atoms with Crippen molar-refractivity contribution in [2.75, 3.05) is 20.8 Å². The van der Waals surface area contributed by atoms with Gasteiger partial charge in [0.15, 0.2) is 11.5 Å². The molecule has 0 saturated carbocycles. The van der Waals surface area contributed by atoms with Crippen LogP contribution in [0.5, 0.6) is 11.5 Å². The minimum Gasteiger partial charge on any atom is -0.501 e. The molecule has 2 rings (SSSR count). The van der Waals surface area contributed by atoms with Gasteiger partial charge in [0.05, 0.1) is 26.9 Å². The molecule has 1 aromatic carbocycles. The van der Waals surface area contributed by atoms with Gasteiger partial charge in [-0.1, -0.05) is 19.4 Å². The lowest BCUT2D eigenvalue weighted by Gasteiger charge is -2.22. The van der Waals surface area contributed by atoms with Crippen LogP contribution in [-0.4, -0.2) is 32.9 Å². The summed E-state index contributed by atoms with van der Waals surface area (Å²) < 4.78 is 21.7. The largest absolute Gasteiger partial charge is 0.501 e. The number of esters is 1. The third-order valence-electron chi connectivity index (χ3n) is 3.99. The molecule has 0 N–H and O–H groups in total. The molecular weight excluding hydrogens is 308 g/mol. The van der Waals surface area contributed by atoms with Crippen molar-refractivity contribution in [3.63, 3.8) is 0 Å². The summed E-state index contributed by atoms with van der Waals surface area (Å²) in [5.41, 5.74) is 1.13. The third kappa shape index (κ3) is 5.18. The zero-order chi connectivity index (χ0) is 17.4. The molecule has 0 aliphatic carbocycles. The van der Waals surface area contributed by atoms with Gasteiger partial charge in [-0.3, -0.25) is 0 Å². The summed E-state index contributed by atoms with van der Waals surface area (Å²) >= 11 is 0. The maximum absolute atomic E-state index is 11.5. The number of carbonyl (C=O) groups excluding carboxylic acids is 1. The van der Waals surface area contributed by atoms with Crippen LogP contribution in [0.2, 0.25) is 0 Å². The van der Waals surface area contributed by atoms with Crippen molar-refractivity contribution in [2.24, 2.45) is 0 Å². The molecule has 132 valence electrons. The Morgan fingerprint density at radius 1 is 1.21 bits per heavy atom. The van der Waals surface area contributed by atoms with Gasteiger partial charge in [0.2, 0.25) is 0 Å². The summed E-state index contributed by atoms with van der Waals surface area (Å²) in [6.45, 7) is 2.81. The predicted octanol–water partition coefficient (Wildman–Crippen LogP) is 3.65. The smallest absolute Gasteiger partial charge is 0.334 e. The predicted molar refractivity (Wildman–Crippen MR) is 91.3 cm³/mol. The van der Waals surface area contributed by atoms with Gasteiger partial charge in [0.25, 0.3) is 0 Å². The minimum atomic E-state index is -0.332. The van der Waals surface area contributed by atoms with Crippen molar-refractivity contribution in [1.29, 1.82) is 0 Å². The first-order valence-electron chi connectivity index (χ1n) is 8.41. The number of carbonyl (C=O) groups is 1. The molecule has 1 aliphatic rings. The molecule has 5 heteroatoms. The van der Waals surface area contributed by atoms with Crippen LogP contribution >= 0.6 is 0 Å². The van der Waals surface area contributed by atoms with Crippen molar-refractivity contribution in [1.82, 2.24) is 0 Å². The Labute approximate surface area is 143 Å². The number of cyclic esters (lactones) is 1. The van der Waals surface area contributed by atoms with Crippen molar-refractivity contribution in [3.05, 3.63) is 35.6 Å². The highest BCUT2D eigenvalue weighted by molar-refractivity contribution is 5.83. The number of aryl methyl sites for hydroxylation is 1. The maximum Gasteiger partial charge on any atom is 0.334 e. The zero-order valence-electron chi connectivity index (χ0n) is 14.7. The molecule has 0 radical (unpaired) electrons. The van der Waals surface area contributed by atoms with Gasteiger partial charge in [-0.25, -0.2) is 4.79 Å². The van der Waals surface area contributed by atoms with Gasteiger partial charge in [-0.05, 0) is 37.0 Å². The number of unbranched alkanes of at least 4 members (excludes halogenated alkanes) is 1. The van der Waals surface area contributed by atoms with E-state index in [0.29, 0.717) is 18.8 Å². The summed E-state index contributed by atoms with van der Waals surface area (Å²) in [4.78, 5) is 11.5. The Morgan fingerprint density at radius 2 is 2.04 bits per heavy atom. The Kier molecular flexibility index (Phi) is 6.97. The molecule has 0 bridgehead atoms. The molecule has 24 heavy (non-hydrogen) atoms. The first-order chi connectivity index (χ1) is 11.7. The van der Waals surface area contributed by atoms with Crippen LogP contribution in [0.15, 0.2) is 30.0 Å². The number of methoxy groups -OCH3 is 2. The van der Waals surface area contributed by atoms with E-state index in [2.05, 4.69) is 6.92 Å². The Balaban J connectivity index is 1.96. The molecule has 0 spiro atoms. The van der Waals surface area contributed by atoms with Crippen LogP contribution in [0.25, 0.3) is 0 Å². The quantitative estimate of drug-likeness (QED) is 0.510. The Hall–Kier alpha value is -2.17. The second-order valence-corrected chi connectivity index (χ2v) is 5.80. The van der Waals surface area contributed by atoms with Gasteiger partial charge in [-0.15, -0.1) is 0 Å². The molecule has 0 fully saturated rings. The molecule has 1 atom stereocenters. The van der Waals surface area contributed by atoms with Gasteiger partial charge < -0.3 is 18.9 Å². The van der Waals surface area contributed by atoms with Gasteiger partial charge in [-0.2, -0.15) is 0 Å². The lowest BCUT2D eigenvalue weighted by molar-refractivity contribution is -0.145. The lowest BCUT2D eigenvalue weighted by Crippen LogP contribution is -2.23. The normalized spacial score (nSPS) is 17.0. The highest BCUT2D eigenvalue weighted by Crippen LogP contribution is 2.29. The average molecular weight is 334 g/mol. The van der Waals surface area contributed by atoms with E-state index in [9.17, 15) is 4.79 Å². The first-order valence-corrected chi connectivity index (χ1v) is 8.41. The molecule has 0 saturated heterocycles. The number of hydrogen-bond acceptors (Lipinski definition) is 5. The monoisotopic (exact) mass is 334 g/mol. The summed E-state index contributed by atoms with van der Waals surface area (Å²) in [5, 5.41) is 0. The minimum absolute atomic E-state index is 0.149. The molecule has 0 amide bonds. The highest BCUT2D eigenvalue weighted by Gasteiger charge is 2.22. The lowest BCUT2D eigenvalue weighted by atomic mass is 10.0. The van der Waals surface area contributed by atoms with Crippen LogP contribution in [0.4, 0.5) is 0 Å². The van der Waals surface area contributed by atoms with Crippen molar-refractivity contribution < 1.29 is 23.7 Å². The second-order valence-electron chi connectivity index (χ2n) is 5.80.